The smallest absolute Gasteiger partial charge is 0.341 e. The number of thiophene rings is 1. The molecule has 8 heteroatoms. The number of aryl methyl sites for hydroxylation is 3. The first-order chi connectivity index (χ1) is 13.0. The van der Waals surface area contributed by atoms with E-state index in [4.69, 9.17) is 17.0 Å². The minimum atomic E-state index is -0.287. The van der Waals surface area contributed by atoms with Crippen molar-refractivity contribution < 1.29 is 9.53 Å². The van der Waals surface area contributed by atoms with Crippen LogP contribution in [0.15, 0.2) is 6.07 Å². The normalized spacial score (nSPS) is 13.4. The average molecular weight is 405 g/mol. The maximum atomic E-state index is 12.6. The minimum absolute atomic E-state index is 0.287. The lowest BCUT2D eigenvalue weighted by atomic mass is 10.1. The summed E-state index contributed by atoms with van der Waals surface area (Å²) >= 11 is 7.03. The number of fused-ring (bicyclic) bond motifs is 1. The molecule has 6 nitrogen and oxygen atoms in total. The minimum Gasteiger partial charge on any atom is -0.462 e. The molecule has 1 aliphatic carbocycles. The van der Waals surface area contributed by atoms with Gasteiger partial charge in [0.15, 0.2) is 5.11 Å². The van der Waals surface area contributed by atoms with Crippen molar-refractivity contribution in [3.8, 4) is 0 Å². The van der Waals surface area contributed by atoms with Crippen LogP contribution in [-0.4, -0.2) is 27.7 Å². The second-order valence-corrected chi connectivity index (χ2v) is 8.06. The Balaban J connectivity index is 1.84. The molecule has 0 saturated heterocycles. The zero-order valence-electron chi connectivity index (χ0n) is 15.8. The van der Waals surface area contributed by atoms with E-state index in [1.54, 1.807) is 11.3 Å². The van der Waals surface area contributed by atoms with Gasteiger partial charge in [-0.25, -0.2) is 14.8 Å². The van der Waals surface area contributed by atoms with Crippen LogP contribution in [0.3, 0.4) is 0 Å². The third kappa shape index (κ3) is 4.81. The first kappa shape index (κ1) is 19.7. The zero-order valence-corrected chi connectivity index (χ0v) is 17.5. The van der Waals surface area contributed by atoms with Gasteiger partial charge in [0.05, 0.1) is 12.2 Å². The summed E-state index contributed by atoms with van der Waals surface area (Å²) in [6.45, 7) is 5.98. The number of nitrogens with zero attached hydrogens (tertiary/aromatic N) is 2. The quantitative estimate of drug-likeness (QED) is 0.444. The number of carbonyl (C=O) groups excluding carboxylic acids is 1. The molecular formula is C19H24N4O2S2. The van der Waals surface area contributed by atoms with E-state index in [-0.39, 0.29) is 5.97 Å². The van der Waals surface area contributed by atoms with Gasteiger partial charge in [-0.3, -0.25) is 0 Å². The number of hydrogen-bond donors (Lipinski definition) is 2. The van der Waals surface area contributed by atoms with Crippen LogP contribution < -0.4 is 10.6 Å². The van der Waals surface area contributed by atoms with Crippen LogP contribution in [-0.2, 0) is 17.6 Å². The summed E-state index contributed by atoms with van der Waals surface area (Å²) in [5.74, 6) is 0.158. The molecule has 0 amide bonds. The molecule has 2 aromatic heterocycles. The summed E-state index contributed by atoms with van der Waals surface area (Å²) in [5.41, 5.74) is 3.47. The fourth-order valence-electron chi connectivity index (χ4n) is 3.27. The summed E-state index contributed by atoms with van der Waals surface area (Å²) in [7, 11) is 0. The molecule has 0 atom stereocenters. The number of carbonyl (C=O) groups is 1. The summed E-state index contributed by atoms with van der Waals surface area (Å²) < 4.78 is 5.30. The second-order valence-electron chi connectivity index (χ2n) is 6.54. The second kappa shape index (κ2) is 8.75. The van der Waals surface area contributed by atoms with Crippen molar-refractivity contribution in [3.63, 3.8) is 0 Å². The Labute approximate surface area is 168 Å². The van der Waals surface area contributed by atoms with Crippen LogP contribution in [0.2, 0.25) is 0 Å². The number of anilines is 2. The number of ether oxygens (including phenoxy) is 1. The van der Waals surface area contributed by atoms with E-state index in [1.807, 2.05) is 26.8 Å². The molecule has 3 rings (SSSR count). The van der Waals surface area contributed by atoms with E-state index in [2.05, 4.69) is 20.6 Å². The number of aromatic nitrogens is 2. The Morgan fingerprint density at radius 3 is 2.59 bits per heavy atom. The summed E-state index contributed by atoms with van der Waals surface area (Å²) in [6, 6.07) is 1.90. The van der Waals surface area contributed by atoms with E-state index in [0.29, 0.717) is 23.2 Å². The van der Waals surface area contributed by atoms with E-state index in [9.17, 15) is 4.79 Å². The highest BCUT2D eigenvalue weighted by Gasteiger charge is 2.26. The SMILES string of the molecule is CCOC(=O)c1c(NC(=S)Nc2nc(C)cc(C)n2)sc2c1CCCCC2. The van der Waals surface area contributed by atoms with Crippen molar-refractivity contribution in [1.29, 1.82) is 0 Å². The summed E-state index contributed by atoms with van der Waals surface area (Å²) in [4.78, 5) is 22.5. The van der Waals surface area contributed by atoms with Crippen molar-refractivity contribution in [2.24, 2.45) is 0 Å². The molecule has 2 aromatic rings. The lowest BCUT2D eigenvalue weighted by Gasteiger charge is -2.11. The lowest BCUT2D eigenvalue weighted by Crippen LogP contribution is -2.22. The van der Waals surface area contributed by atoms with Gasteiger partial charge in [0.2, 0.25) is 5.95 Å². The predicted molar refractivity (Wildman–Crippen MR) is 113 cm³/mol. The molecule has 0 spiro atoms. The van der Waals surface area contributed by atoms with Crippen molar-refractivity contribution in [2.75, 3.05) is 17.2 Å². The van der Waals surface area contributed by atoms with Gasteiger partial charge in [0.25, 0.3) is 0 Å². The van der Waals surface area contributed by atoms with Gasteiger partial charge in [-0.2, -0.15) is 0 Å². The molecule has 2 N–H and O–H groups in total. The van der Waals surface area contributed by atoms with Gasteiger partial charge < -0.3 is 15.4 Å². The molecule has 27 heavy (non-hydrogen) atoms. The highest BCUT2D eigenvalue weighted by Crippen LogP contribution is 2.38. The van der Waals surface area contributed by atoms with Gasteiger partial charge >= 0.3 is 5.97 Å². The topological polar surface area (TPSA) is 76.1 Å². The van der Waals surface area contributed by atoms with Crippen molar-refractivity contribution in [3.05, 3.63) is 33.5 Å². The molecule has 144 valence electrons. The van der Waals surface area contributed by atoms with Crippen LogP contribution in [0, 0.1) is 13.8 Å². The molecule has 0 bridgehead atoms. The van der Waals surface area contributed by atoms with Crippen LogP contribution in [0.5, 0.6) is 0 Å². The largest absolute Gasteiger partial charge is 0.462 e. The van der Waals surface area contributed by atoms with Gasteiger partial charge in [0, 0.05) is 16.3 Å². The van der Waals surface area contributed by atoms with Gasteiger partial charge in [-0.15, -0.1) is 11.3 Å². The third-order valence-electron chi connectivity index (χ3n) is 4.34. The summed E-state index contributed by atoms with van der Waals surface area (Å²) in [6.07, 6.45) is 5.33. The zero-order chi connectivity index (χ0) is 19.4. The Morgan fingerprint density at radius 2 is 1.89 bits per heavy atom. The van der Waals surface area contributed by atoms with Crippen molar-refractivity contribution in [2.45, 2.75) is 52.9 Å². The number of nitrogens with one attached hydrogen (secondary N) is 2. The molecule has 0 radical (unpaired) electrons. The van der Waals surface area contributed by atoms with E-state index < -0.39 is 0 Å². The van der Waals surface area contributed by atoms with Gasteiger partial charge in [-0.1, -0.05) is 6.42 Å². The molecular weight excluding hydrogens is 380 g/mol. The highest BCUT2D eigenvalue weighted by atomic mass is 32.1. The maximum Gasteiger partial charge on any atom is 0.341 e. The number of rotatable bonds is 4. The Kier molecular flexibility index (Phi) is 6.38. The molecule has 0 unspecified atom stereocenters. The standard InChI is InChI=1S/C19H24N4O2S2/c1-4-25-17(24)15-13-8-6-5-7-9-14(13)27-16(15)22-19(26)23-18-20-11(2)10-12(3)21-18/h10H,4-9H2,1-3H3,(H2,20,21,22,23,26). The molecule has 2 heterocycles. The highest BCUT2D eigenvalue weighted by molar-refractivity contribution is 7.80. The Bertz CT molecular complexity index is 843. The van der Waals surface area contributed by atoms with Crippen LogP contribution >= 0.6 is 23.6 Å². The number of thiocarbonyl (C=S) groups is 1. The lowest BCUT2D eigenvalue weighted by molar-refractivity contribution is 0.0527. The maximum absolute atomic E-state index is 12.6. The average Bonchev–Trinajstić information content (AvgIpc) is 2.75. The van der Waals surface area contributed by atoms with E-state index in [0.717, 1.165) is 47.6 Å². The van der Waals surface area contributed by atoms with Crippen molar-refractivity contribution >= 4 is 45.6 Å². The van der Waals surface area contributed by atoms with Gasteiger partial charge in [0.1, 0.15) is 5.00 Å². The predicted octanol–water partition coefficient (Wildman–Crippen LogP) is 4.41. The monoisotopic (exact) mass is 404 g/mol. The molecule has 0 aliphatic heterocycles. The van der Waals surface area contributed by atoms with Crippen LogP contribution in [0.4, 0.5) is 10.9 Å². The first-order valence-corrected chi connectivity index (χ1v) is 10.4. The first-order valence-electron chi connectivity index (χ1n) is 9.20. The fraction of sp³-hybridized carbons (Fsp3) is 0.474. The van der Waals surface area contributed by atoms with Crippen molar-refractivity contribution in [1.82, 2.24) is 9.97 Å². The molecule has 0 aromatic carbocycles. The molecule has 1 aliphatic rings. The van der Waals surface area contributed by atoms with Gasteiger partial charge in [-0.05, 0) is 70.3 Å². The fourth-order valence-corrected chi connectivity index (χ4v) is 4.81. The van der Waals surface area contributed by atoms with Crippen LogP contribution in [0.25, 0.3) is 0 Å². The molecule has 0 fully saturated rings. The van der Waals surface area contributed by atoms with E-state index in [1.165, 1.54) is 11.3 Å². The Hall–Kier alpha value is -2.06. The number of esters is 1. The third-order valence-corrected chi connectivity index (χ3v) is 5.75. The number of hydrogen-bond acceptors (Lipinski definition) is 6. The Morgan fingerprint density at radius 1 is 1.19 bits per heavy atom. The van der Waals surface area contributed by atoms with Crippen LogP contribution in [0.1, 0.15) is 58.4 Å². The molecule has 0 saturated carbocycles. The van der Waals surface area contributed by atoms with E-state index >= 15 is 0 Å². The summed E-state index contributed by atoms with van der Waals surface area (Å²) in [5, 5.41) is 7.29.